The summed E-state index contributed by atoms with van der Waals surface area (Å²) in [7, 11) is 3.48. The average Bonchev–Trinajstić information content (AvgIpc) is 1.90. The molecular formula is C6H4BaBrF. The van der Waals surface area contributed by atoms with E-state index in [1.54, 1.807) is 0 Å². The number of rotatable bonds is 1. The molecule has 3 heteroatoms. The van der Waals surface area contributed by atoms with E-state index < -0.39 is 40.8 Å². The van der Waals surface area contributed by atoms with Crippen molar-refractivity contribution in [3.05, 3.63) is 30.1 Å². The molecule has 0 saturated heterocycles. The Morgan fingerprint density at radius 2 is 1.78 bits per heavy atom. The monoisotopic (exact) mass is 312 g/mol. The van der Waals surface area contributed by atoms with E-state index in [9.17, 15) is 4.39 Å². The van der Waals surface area contributed by atoms with E-state index in [1.807, 2.05) is 12.1 Å². The number of benzene rings is 1. The van der Waals surface area contributed by atoms with Crippen LogP contribution in [0.5, 0.6) is 0 Å². The maximum atomic E-state index is 12.2. The summed E-state index contributed by atoms with van der Waals surface area (Å²) < 4.78 is 13.5. The van der Waals surface area contributed by atoms with Gasteiger partial charge < -0.3 is 0 Å². The zero-order valence-electron chi connectivity index (χ0n) is 4.77. The molecule has 0 unspecified atom stereocenters. The quantitative estimate of drug-likeness (QED) is 0.689. The van der Waals surface area contributed by atoms with Crippen LogP contribution in [0.4, 0.5) is 4.39 Å². The molecule has 0 aromatic heterocycles. The SMILES string of the molecule is Fc1cc[c]([Ba][Br])cc1. The van der Waals surface area contributed by atoms with E-state index in [2.05, 4.69) is 7.18 Å². The molecule has 0 aliphatic carbocycles. The second-order valence-electron chi connectivity index (χ2n) is 1.76. The van der Waals surface area contributed by atoms with Crippen LogP contribution in [0.3, 0.4) is 0 Å². The van der Waals surface area contributed by atoms with Crippen LogP contribution in [0.1, 0.15) is 0 Å². The Bertz CT molecular complexity index is 185. The van der Waals surface area contributed by atoms with Crippen molar-refractivity contribution in [2.24, 2.45) is 0 Å². The van der Waals surface area contributed by atoms with Gasteiger partial charge in [-0.05, 0) is 0 Å². The molecule has 0 nitrogen and oxygen atoms in total. The summed E-state index contributed by atoms with van der Waals surface area (Å²) >= 11 is -0.917. The Kier molecular flexibility index (Phi) is 3.83. The van der Waals surface area contributed by atoms with Crippen molar-refractivity contribution >= 4 is 48.0 Å². The third-order valence-corrected chi connectivity index (χ3v) is 8.23. The molecule has 44 valence electrons. The summed E-state index contributed by atoms with van der Waals surface area (Å²) in [5, 5.41) is 0. The van der Waals surface area contributed by atoms with E-state index in [0.29, 0.717) is 0 Å². The molecule has 0 bridgehead atoms. The summed E-state index contributed by atoms with van der Waals surface area (Å²) in [6.45, 7) is 0. The van der Waals surface area contributed by atoms with Gasteiger partial charge >= 0.3 is 82.4 Å². The van der Waals surface area contributed by atoms with E-state index >= 15 is 0 Å². The molecule has 0 aliphatic rings. The molecule has 0 N–H and O–H groups in total. The third-order valence-electron chi connectivity index (χ3n) is 1.07. The Hall–Kier alpha value is 1.20. The van der Waals surface area contributed by atoms with Crippen molar-refractivity contribution in [3.63, 3.8) is 0 Å². The van der Waals surface area contributed by atoms with Gasteiger partial charge in [-0.15, -0.1) is 0 Å². The molecular weight excluding hydrogens is 308 g/mol. The molecule has 0 spiro atoms. The average molecular weight is 312 g/mol. The van der Waals surface area contributed by atoms with Crippen molar-refractivity contribution in [2.75, 3.05) is 0 Å². The number of halogens is 2. The summed E-state index contributed by atoms with van der Waals surface area (Å²) in [5.41, 5.74) is 0. The molecule has 9 heavy (non-hydrogen) atoms. The van der Waals surface area contributed by atoms with Crippen molar-refractivity contribution < 1.29 is 4.39 Å². The zero-order chi connectivity index (χ0) is 6.69. The normalized spacial score (nSPS) is 8.67. The van der Waals surface area contributed by atoms with Crippen LogP contribution in [0.2, 0.25) is 0 Å². The van der Waals surface area contributed by atoms with E-state index in [4.69, 9.17) is 0 Å². The van der Waals surface area contributed by atoms with Gasteiger partial charge in [-0.25, -0.2) is 0 Å². The van der Waals surface area contributed by atoms with Gasteiger partial charge in [-0.3, -0.25) is 0 Å². The minimum atomic E-state index is -0.917. The fourth-order valence-electron chi connectivity index (χ4n) is 0.573. The van der Waals surface area contributed by atoms with Gasteiger partial charge in [0.05, 0.1) is 0 Å². The summed E-state index contributed by atoms with van der Waals surface area (Å²) in [6.07, 6.45) is 0. The molecule has 0 amide bonds. The Labute approximate surface area is 80.7 Å². The molecule has 0 saturated carbocycles. The molecule has 0 radical (unpaired) electrons. The van der Waals surface area contributed by atoms with Crippen LogP contribution < -0.4 is 0.0314 Å². The van der Waals surface area contributed by atoms with E-state index in [0.717, 1.165) is 0 Å². The van der Waals surface area contributed by atoms with Crippen LogP contribution >= 0.6 is 7.18 Å². The van der Waals surface area contributed by atoms with Gasteiger partial charge in [0, 0.05) is 0 Å². The molecule has 1 aromatic carbocycles. The zero-order valence-corrected chi connectivity index (χ0v) is 10.8. The fraction of sp³-hybridized carbons (Fsp3) is 0. The second kappa shape index (κ2) is 4.16. The predicted octanol–water partition coefficient (Wildman–Crippen LogP) is 1.47. The predicted molar refractivity (Wildman–Crippen MR) is 40.7 cm³/mol. The summed E-state index contributed by atoms with van der Waals surface area (Å²) in [5.74, 6) is -0.145. The van der Waals surface area contributed by atoms with Gasteiger partial charge in [0.2, 0.25) is 0 Å². The first kappa shape index (κ1) is 8.30. The van der Waals surface area contributed by atoms with E-state index in [-0.39, 0.29) is 5.82 Å². The standard InChI is InChI=1S/C6H4F.Ba.BrH/c7-6-4-2-1-3-5-6;;/h2-5H;;1H/q;+1;/p-1. The molecule has 0 fully saturated rings. The second-order valence-corrected chi connectivity index (χ2v) is 9.25. The molecule has 0 heterocycles. The van der Waals surface area contributed by atoms with Crippen LogP contribution in [-0.2, 0) is 0 Å². The summed E-state index contributed by atoms with van der Waals surface area (Å²) in [4.78, 5) is 0. The van der Waals surface area contributed by atoms with Crippen LogP contribution in [0.25, 0.3) is 0 Å². The van der Waals surface area contributed by atoms with Gasteiger partial charge in [-0.2, -0.15) is 0 Å². The van der Waals surface area contributed by atoms with Crippen molar-refractivity contribution in [1.82, 2.24) is 0 Å². The molecule has 0 aliphatic heterocycles. The van der Waals surface area contributed by atoms with Gasteiger partial charge in [-0.1, -0.05) is 0 Å². The molecule has 1 rings (SSSR count). The topological polar surface area (TPSA) is 0 Å². The van der Waals surface area contributed by atoms with Gasteiger partial charge in [0.25, 0.3) is 0 Å². The first-order chi connectivity index (χ1) is 4.33. The van der Waals surface area contributed by atoms with Crippen molar-refractivity contribution in [2.45, 2.75) is 0 Å². The molecule has 1 aromatic rings. The van der Waals surface area contributed by atoms with Gasteiger partial charge in [0.1, 0.15) is 0 Å². The van der Waals surface area contributed by atoms with Crippen LogP contribution in [-0.4, -0.2) is 40.8 Å². The third kappa shape index (κ3) is 2.74. The maximum absolute atomic E-state index is 12.2. The minimum absolute atomic E-state index is 0.145. The summed E-state index contributed by atoms with van der Waals surface area (Å²) in [6, 6.07) is 6.73. The number of hydrogen-bond acceptors (Lipinski definition) is 0. The molecule has 0 atom stereocenters. The first-order valence-electron chi connectivity index (χ1n) is 2.63. The number of hydrogen-bond donors (Lipinski definition) is 0. The Morgan fingerprint density at radius 3 is 2.22 bits per heavy atom. The fourth-order valence-corrected chi connectivity index (χ4v) is 4.59. The van der Waals surface area contributed by atoms with Crippen molar-refractivity contribution in [3.8, 4) is 0 Å². The van der Waals surface area contributed by atoms with Crippen LogP contribution in [0, 0.1) is 5.82 Å². The van der Waals surface area contributed by atoms with Crippen LogP contribution in [0.15, 0.2) is 24.3 Å². The Balaban J connectivity index is 2.88. The van der Waals surface area contributed by atoms with Crippen molar-refractivity contribution in [1.29, 1.82) is 0 Å². The first-order valence-corrected chi connectivity index (χ1v) is 14.7. The Morgan fingerprint density at radius 1 is 1.22 bits per heavy atom. The van der Waals surface area contributed by atoms with Gasteiger partial charge in [0.15, 0.2) is 0 Å². The van der Waals surface area contributed by atoms with E-state index in [1.165, 1.54) is 12.2 Å².